The number of benzene rings is 1. The van der Waals surface area contributed by atoms with Gasteiger partial charge in [-0.25, -0.2) is 5.11 Å². The second-order valence-electron chi connectivity index (χ2n) is 3.97. The normalized spacial score (nSPS) is 13.2. The first-order valence-electron chi connectivity index (χ1n) is 4.96. The fourth-order valence-corrected chi connectivity index (χ4v) is 1.65. The fourth-order valence-electron chi connectivity index (χ4n) is 1.43. The molecule has 0 N–H and O–H groups in total. The van der Waals surface area contributed by atoms with Gasteiger partial charge in [-0.05, 0) is 29.9 Å². The summed E-state index contributed by atoms with van der Waals surface area (Å²) in [5.74, 6) is 0.610. The summed E-state index contributed by atoms with van der Waals surface area (Å²) < 4.78 is 0. The Morgan fingerprint density at radius 2 is 1.93 bits per heavy atom. The Kier molecular flexibility index (Phi) is 4.43. The van der Waals surface area contributed by atoms with Gasteiger partial charge in [0.2, 0.25) is 0 Å². The van der Waals surface area contributed by atoms with E-state index in [1.807, 2.05) is 24.3 Å². The van der Waals surface area contributed by atoms with Crippen LogP contribution < -0.4 is 0 Å². The van der Waals surface area contributed by atoms with Crippen LogP contribution in [0.1, 0.15) is 19.4 Å². The Hall–Kier alpha value is -0.530. The second kappa shape index (κ2) is 5.38. The predicted molar refractivity (Wildman–Crippen MR) is 59.0 cm³/mol. The van der Waals surface area contributed by atoms with Crippen LogP contribution in [0.15, 0.2) is 24.3 Å². The lowest BCUT2D eigenvalue weighted by atomic mass is 9.90. The summed E-state index contributed by atoms with van der Waals surface area (Å²) in [5.41, 5.74) is 1.09. The Balaban J connectivity index is 2.72. The van der Waals surface area contributed by atoms with Gasteiger partial charge in [0.25, 0.3) is 0 Å². The van der Waals surface area contributed by atoms with E-state index in [0.717, 1.165) is 17.0 Å². The summed E-state index contributed by atoms with van der Waals surface area (Å²) >= 11 is 6.03. The molecule has 0 bridgehead atoms. The van der Waals surface area contributed by atoms with Crippen molar-refractivity contribution in [3.05, 3.63) is 34.9 Å². The first-order chi connectivity index (χ1) is 6.65. The topological polar surface area (TPSA) is 19.9 Å². The molecule has 0 aromatic heterocycles. The standard InChI is InChI=1S/C12H16ClO/c1-9(2)11(8-14)7-10-5-3-4-6-12(10)13/h3-6,9,11H,7-8H2,1-2H3. The van der Waals surface area contributed by atoms with Crippen molar-refractivity contribution in [3.63, 3.8) is 0 Å². The van der Waals surface area contributed by atoms with Gasteiger partial charge < -0.3 is 0 Å². The number of hydrogen-bond acceptors (Lipinski definition) is 0. The highest BCUT2D eigenvalue weighted by Crippen LogP contribution is 2.22. The van der Waals surface area contributed by atoms with Crippen LogP contribution in [0.5, 0.6) is 0 Å². The zero-order valence-corrected chi connectivity index (χ0v) is 9.42. The highest BCUT2D eigenvalue weighted by molar-refractivity contribution is 6.31. The molecule has 77 valence electrons. The molecular formula is C12H16ClO. The third-order valence-corrected chi connectivity index (χ3v) is 2.97. The summed E-state index contributed by atoms with van der Waals surface area (Å²) in [5, 5.41) is 11.7. The lowest BCUT2D eigenvalue weighted by Gasteiger charge is -2.17. The van der Waals surface area contributed by atoms with Crippen LogP contribution in [0.4, 0.5) is 0 Å². The van der Waals surface area contributed by atoms with Crippen LogP contribution in [0.2, 0.25) is 5.02 Å². The van der Waals surface area contributed by atoms with Crippen molar-refractivity contribution >= 4 is 11.6 Å². The summed E-state index contributed by atoms with van der Waals surface area (Å²) in [6.45, 7) is 4.14. The third-order valence-electron chi connectivity index (χ3n) is 2.60. The van der Waals surface area contributed by atoms with E-state index in [2.05, 4.69) is 13.8 Å². The summed E-state index contributed by atoms with van der Waals surface area (Å²) in [6.07, 6.45) is 0.793. The average Bonchev–Trinajstić information content (AvgIpc) is 2.16. The van der Waals surface area contributed by atoms with Gasteiger partial charge in [-0.2, -0.15) is 0 Å². The molecule has 0 heterocycles. The predicted octanol–water partition coefficient (Wildman–Crippen LogP) is 3.59. The molecule has 0 fully saturated rings. The summed E-state index contributed by atoms with van der Waals surface area (Å²) in [6, 6.07) is 7.74. The third kappa shape index (κ3) is 3.00. The van der Waals surface area contributed by atoms with Gasteiger partial charge in [0.15, 0.2) is 0 Å². The zero-order valence-electron chi connectivity index (χ0n) is 8.66. The quantitative estimate of drug-likeness (QED) is 0.726. The molecule has 1 aromatic carbocycles. The van der Waals surface area contributed by atoms with Gasteiger partial charge in [0.1, 0.15) is 0 Å². The lowest BCUT2D eigenvalue weighted by molar-refractivity contribution is 0.119. The molecule has 0 amide bonds. The van der Waals surface area contributed by atoms with Crippen LogP contribution in [0.3, 0.4) is 0 Å². The van der Waals surface area contributed by atoms with E-state index in [-0.39, 0.29) is 12.5 Å². The lowest BCUT2D eigenvalue weighted by Crippen LogP contribution is -2.15. The molecule has 0 aliphatic carbocycles. The number of halogens is 1. The molecule has 1 unspecified atom stereocenters. The van der Waals surface area contributed by atoms with E-state index in [1.54, 1.807) is 0 Å². The summed E-state index contributed by atoms with van der Waals surface area (Å²) in [7, 11) is 0. The molecular weight excluding hydrogens is 196 g/mol. The highest BCUT2D eigenvalue weighted by atomic mass is 35.5. The Morgan fingerprint density at radius 3 is 2.43 bits per heavy atom. The molecule has 0 spiro atoms. The number of rotatable bonds is 4. The SMILES string of the molecule is CC(C)C(C[O])Cc1ccccc1Cl. The summed E-state index contributed by atoms with van der Waals surface area (Å²) in [4.78, 5) is 0. The molecule has 0 saturated heterocycles. The van der Waals surface area contributed by atoms with Crippen molar-refractivity contribution in [1.82, 2.24) is 0 Å². The first-order valence-corrected chi connectivity index (χ1v) is 5.34. The zero-order chi connectivity index (χ0) is 10.6. The van der Waals surface area contributed by atoms with E-state index in [0.29, 0.717) is 5.92 Å². The van der Waals surface area contributed by atoms with E-state index < -0.39 is 0 Å². The Bertz CT molecular complexity index is 283. The molecule has 1 aromatic rings. The Morgan fingerprint density at radius 1 is 1.29 bits per heavy atom. The van der Waals surface area contributed by atoms with E-state index >= 15 is 0 Å². The molecule has 1 nitrogen and oxygen atoms in total. The van der Waals surface area contributed by atoms with Gasteiger partial charge in [0.05, 0.1) is 6.61 Å². The minimum atomic E-state index is -0.0249. The first kappa shape index (κ1) is 11.5. The molecule has 14 heavy (non-hydrogen) atoms. The molecule has 0 saturated carbocycles. The van der Waals surface area contributed by atoms with Crippen LogP contribution in [0.25, 0.3) is 0 Å². The molecule has 1 radical (unpaired) electrons. The minimum absolute atomic E-state index is 0.0249. The smallest absolute Gasteiger partial charge is 0.0856 e. The monoisotopic (exact) mass is 211 g/mol. The average molecular weight is 212 g/mol. The minimum Gasteiger partial charge on any atom is -0.236 e. The molecule has 2 heteroatoms. The van der Waals surface area contributed by atoms with Crippen molar-refractivity contribution in [2.24, 2.45) is 11.8 Å². The molecule has 0 aliphatic heterocycles. The molecule has 0 aliphatic rings. The van der Waals surface area contributed by atoms with Gasteiger partial charge in [-0.1, -0.05) is 43.6 Å². The second-order valence-corrected chi connectivity index (χ2v) is 4.37. The molecule has 1 atom stereocenters. The van der Waals surface area contributed by atoms with Crippen LogP contribution in [-0.2, 0) is 11.5 Å². The van der Waals surface area contributed by atoms with Crippen molar-refractivity contribution < 1.29 is 5.11 Å². The van der Waals surface area contributed by atoms with E-state index in [1.165, 1.54) is 0 Å². The fraction of sp³-hybridized carbons (Fsp3) is 0.500. The van der Waals surface area contributed by atoms with Crippen LogP contribution >= 0.6 is 11.6 Å². The van der Waals surface area contributed by atoms with Crippen molar-refractivity contribution in [2.45, 2.75) is 20.3 Å². The largest absolute Gasteiger partial charge is 0.236 e. The Labute approximate surface area is 90.7 Å². The van der Waals surface area contributed by atoms with E-state index in [9.17, 15) is 5.11 Å². The van der Waals surface area contributed by atoms with Gasteiger partial charge in [-0.15, -0.1) is 0 Å². The van der Waals surface area contributed by atoms with E-state index in [4.69, 9.17) is 11.6 Å². The van der Waals surface area contributed by atoms with Crippen molar-refractivity contribution in [2.75, 3.05) is 6.61 Å². The van der Waals surface area contributed by atoms with Crippen LogP contribution in [-0.4, -0.2) is 6.61 Å². The maximum absolute atomic E-state index is 10.9. The number of hydrogen-bond donors (Lipinski definition) is 0. The van der Waals surface area contributed by atoms with Crippen LogP contribution in [0, 0.1) is 11.8 Å². The van der Waals surface area contributed by atoms with Crippen molar-refractivity contribution in [1.29, 1.82) is 0 Å². The van der Waals surface area contributed by atoms with Crippen molar-refractivity contribution in [3.8, 4) is 0 Å². The van der Waals surface area contributed by atoms with Gasteiger partial charge >= 0.3 is 0 Å². The maximum Gasteiger partial charge on any atom is 0.0856 e. The van der Waals surface area contributed by atoms with Gasteiger partial charge in [0, 0.05) is 5.02 Å². The van der Waals surface area contributed by atoms with Gasteiger partial charge in [-0.3, -0.25) is 0 Å². The maximum atomic E-state index is 10.9. The molecule has 1 rings (SSSR count). The highest BCUT2D eigenvalue weighted by Gasteiger charge is 2.14.